The summed E-state index contributed by atoms with van der Waals surface area (Å²) in [6, 6.07) is 9.35. The van der Waals surface area contributed by atoms with E-state index < -0.39 is 0 Å². The number of hydroxylamine groups is 1. The van der Waals surface area contributed by atoms with E-state index in [0.29, 0.717) is 6.42 Å². The molecule has 1 atom stereocenters. The number of hydrogen-bond donors (Lipinski definition) is 1. The third-order valence-corrected chi connectivity index (χ3v) is 2.79. The molecular weight excluding hydrogens is 214 g/mol. The fraction of sp³-hybridized carbons (Fsp3) is 0.500. The van der Waals surface area contributed by atoms with E-state index >= 15 is 0 Å². The van der Waals surface area contributed by atoms with Gasteiger partial charge in [-0.1, -0.05) is 51.1 Å². The van der Waals surface area contributed by atoms with E-state index in [1.54, 1.807) is 7.11 Å². The highest BCUT2D eigenvalue weighted by Crippen LogP contribution is 2.23. The van der Waals surface area contributed by atoms with Gasteiger partial charge in [-0.2, -0.15) is 5.48 Å². The summed E-state index contributed by atoms with van der Waals surface area (Å²) in [5, 5.41) is 0. The van der Waals surface area contributed by atoms with Crippen molar-refractivity contribution in [2.45, 2.75) is 33.2 Å². The molecule has 0 aromatic heterocycles. The molecule has 0 radical (unpaired) electrons. The van der Waals surface area contributed by atoms with Crippen molar-refractivity contribution in [2.75, 3.05) is 7.11 Å². The molecule has 3 nitrogen and oxygen atoms in total. The van der Waals surface area contributed by atoms with Crippen LogP contribution in [0.2, 0.25) is 0 Å². The van der Waals surface area contributed by atoms with Crippen molar-refractivity contribution >= 4 is 5.78 Å². The van der Waals surface area contributed by atoms with Crippen LogP contribution < -0.4 is 5.48 Å². The van der Waals surface area contributed by atoms with E-state index in [9.17, 15) is 4.79 Å². The molecule has 0 bridgehead atoms. The summed E-state index contributed by atoms with van der Waals surface area (Å²) in [4.78, 5) is 17.0. The average Bonchev–Trinajstić information content (AvgIpc) is 2.28. The van der Waals surface area contributed by atoms with E-state index in [-0.39, 0.29) is 17.2 Å². The Hall–Kier alpha value is -1.19. The van der Waals surface area contributed by atoms with Crippen LogP contribution in [0.5, 0.6) is 0 Å². The van der Waals surface area contributed by atoms with E-state index in [4.69, 9.17) is 4.84 Å². The first-order chi connectivity index (χ1) is 7.95. The standard InChI is InChI=1S/C14H21NO2/c1-14(2,3)13(15-17-4)10-12(16)11-8-6-5-7-9-11/h5-9,13,15H,10H2,1-4H3. The third-order valence-electron chi connectivity index (χ3n) is 2.79. The molecular formula is C14H21NO2. The molecule has 0 saturated carbocycles. The molecule has 17 heavy (non-hydrogen) atoms. The second kappa shape index (κ2) is 5.94. The summed E-state index contributed by atoms with van der Waals surface area (Å²) >= 11 is 0. The molecule has 1 aromatic carbocycles. The number of nitrogens with one attached hydrogen (secondary N) is 1. The van der Waals surface area contributed by atoms with Crippen LogP contribution in [0, 0.1) is 5.41 Å². The predicted molar refractivity (Wildman–Crippen MR) is 68.8 cm³/mol. The molecule has 1 aromatic rings. The number of rotatable bonds is 5. The molecule has 0 saturated heterocycles. The van der Waals surface area contributed by atoms with Crippen LogP contribution in [-0.2, 0) is 4.84 Å². The van der Waals surface area contributed by atoms with Crippen LogP contribution in [0.3, 0.4) is 0 Å². The van der Waals surface area contributed by atoms with Crippen LogP contribution in [0.25, 0.3) is 0 Å². The van der Waals surface area contributed by atoms with Crippen LogP contribution in [0.4, 0.5) is 0 Å². The third kappa shape index (κ3) is 4.29. The molecule has 94 valence electrons. The number of ketones is 1. The van der Waals surface area contributed by atoms with Crippen molar-refractivity contribution in [2.24, 2.45) is 5.41 Å². The Kier molecular flexibility index (Phi) is 4.85. The Morgan fingerprint density at radius 1 is 1.29 bits per heavy atom. The maximum absolute atomic E-state index is 12.1. The second-order valence-electron chi connectivity index (χ2n) is 5.23. The minimum Gasteiger partial charge on any atom is -0.305 e. The van der Waals surface area contributed by atoms with Crippen molar-refractivity contribution in [3.05, 3.63) is 35.9 Å². The lowest BCUT2D eigenvalue weighted by atomic mass is 9.83. The van der Waals surface area contributed by atoms with Gasteiger partial charge in [0.2, 0.25) is 0 Å². The normalized spacial score (nSPS) is 13.4. The minimum absolute atomic E-state index is 0.000191. The maximum atomic E-state index is 12.1. The van der Waals surface area contributed by atoms with Gasteiger partial charge in [0.05, 0.1) is 7.11 Å². The van der Waals surface area contributed by atoms with Crippen molar-refractivity contribution in [1.82, 2.24) is 5.48 Å². The highest BCUT2D eigenvalue weighted by atomic mass is 16.6. The Morgan fingerprint density at radius 2 is 1.88 bits per heavy atom. The first-order valence-corrected chi connectivity index (χ1v) is 5.82. The number of carbonyl (C=O) groups is 1. The van der Waals surface area contributed by atoms with Crippen LogP contribution in [0.15, 0.2) is 30.3 Å². The number of carbonyl (C=O) groups excluding carboxylic acids is 1. The van der Waals surface area contributed by atoms with E-state index in [1.165, 1.54) is 0 Å². The molecule has 0 fully saturated rings. The topological polar surface area (TPSA) is 38.3 Å². The second-order valence-corrected chi connectivity index (χ2v) is 5.23. The SMILES string of the molecule is CONC(CC(=O)c1ccccc1)C(C)(C)C. The fourth-order valence-electron chi connectivity index (χ4n) is 1.59. The van der Waals surface area contributed by atoms with Gasteiger partial charge in [0.1, 0.15) is 0 Å². The van der Waals surface area contributed by atoms with Crippen LogP contribution >= 0.6 is 0 Å². The average molecular weight is 235 g/mol. The molecule has 1 unspecified atom stereocenters. The van der Waals surface area contributed by atoms with Gasteiger partial charge in [0, 0.05) is 18.0 Å². The molecule has 1 rings (SSSR count). The Balaban J connectivity index is 2.71. The van der Waals surface area contributed by atoms with Gasteiger partial charge in [-0.25, -0.2) is 0 Å². The lowest BCUT2D eigenvalue weighted by Gasteiger charge is -2.30. The maximum Gasteiger partial charge on any atom is 0.164 e. The zero-order chi connectivity index (χ0) is 12.9. The molecule has 0 amide bonds. The molecule has 0 heterocycles. The summed E-state index contributed by atoms with van der Waals surface area (Å²) in [5.74, 6) is 0.134. The van der Waals surface area contributed by atoms with Gasteiger partial charge in [0.25, 0.3) is 0 Å². The Labute approximate surface area is 103 Å². The lowest BCUT2D eigenvalue weighted by Crippen LogP contribution is -2.41. The Bertz CT molecular complexity index is 354. The van der Waals surface area contributed by atoms with E-state index in [1.807, 2.05) is 30.3 Å². The summed E-state index contributed by atoms with van der Waals surface area (Å²) < 4.78 is 0. The van der Waals surface area contributed by atoms with Crippen molar-refractivity contribution in [3.63, 3.8) is 0 Å². The summed E-state index contributed by atoms with van der Waals surface area (Å²) in [5.41, 5.74) is 3.62. The fourth-order valence-corrected chi connectivity index (χ4v) is 1.59. The lowest BCUT2D eigenvalue weighted by molar-refractivity contribution is 0.0210. The van der Waals surface area contributed by atoms with Crippen LogP contribution in [-0.4, -0.2) is 18.9 Å². The van der Waals surface area contributed by atoms with Crippen molar-refractivity contribution in [1.29, 1.82) is 0 Å². The minimum atomic E-state index is -0.0273. The highest BCUT2D eigenvalue weighted by Gasteiger charge is 2.27. The van der Waals surface area contributed by atoms with E-state index in [2.05, 4.69) is 26.3 Å². The predicted octanol–water partition coefficient (Wildman–Crippen LogP) is 2.83. The smallest absolute Gasteiger partial charge is 0.164 e. The summed E-state index contributed by atoms with van der Waals surface area (Å²) in [6.45, 7) is 6.26. The summed E-state index contributed by atoms with van der Waals surface area (Å²) in [7, 11) is 1.58. The monoisotopic (exact) mass is 235 g/mol. The van der Waals surface area contributed by atoms with Gasteiger partial charge >= 0.3 is 0 Å². The number of benzene rings is 1. The van der Waals surface area contributed by atoms with Gasteiger partial charge in [0.15, 0.2) is 5.78 Å². The summed E-state index contributed by atoms with van der Waals surface area (Å²) in [6.07, 6.45) is 0.432. The zero-order valence-corrected chi connectivity index (χ0v) is 11.0. The largest absolute Gasteiger partial charge is 0.305 e. The molecule has 3 heteroatoms. The molecule has 0 aliphatic heterocycles. The molecule has 0 aliphatic carbocycles. The van der Waals surface area contributed by atoms with Gasteiger partial charge < -0.3 is 4.84 Å². The molecule has 0 spiro atoms. The van der Waals surface area contributed by atoms with Crippen LogP contribution in [0.1, 0.15) is 37.6 Å². The van der Waals surface area contributed by atoms with E-state index in [0.717, 1.165) is 5.56 Å². The van der Waals surface area contributed by atoms with Gasteiger partial charge in [-0.3, -0.25) is 4.79 Å². The first-order valence-electron chi connectivity index (χ1n) is 5.82. The highest BCUT2D eigenvalue weighted by molar-refractivity contribution is 5.96. The zero-order valence-electron chi connectivity index (χ0n) is 11.0. The van der Waals surface area contributed by atoms with Gasteiger partial charge in [-0.15, -0.1) is 0 Å². The number of Topliss-reactive ketones (excluding diaryl/α,β-unsaturated/α-hetero) is 1. The van der Waals surface area contributed by atoms with Crippen molar-refractivity contribution < 1.29 is 9.63 Å². The Morgan fingerprint density at radius 3 is 2.35 bits per heavy atom. The number of hydrogen-bond acceptors (Lipinski definition) is 3. The van der Waals surface area contributed by atoms with Crippen molar-refractivity contribution in [3.8, 4) is 0 Å². The first kappa shape index (κ1) is 13.9. The molecule has 1 N–H and O–H groups in total. The molecule has 0 aliphatic rings. The van der Waals surface area contributed by atoms with Gasteiger partial charge in [-0.05, 0) is 5.41 Å². The quantitative estimate of drug-likeness (QED) is 0.630.